The van der Waals surface area contributed by atoms with Gasteiger partial charge >= 0.3 is 18.5 Å². The summed E-state index contributed by atoms with van der Waals surface area (Å²) in [6.07, 6.45) is -7.16. The van der Waals surface area contributed by atoms with Gasteiger partial charge in [-0.25, -0.2) is 9.18 Å². The molecular weight excluding hydrogens is 485 g/mol. The Morgan fingerprint density at radius 2 is 1.66 bits per heavy atom. The highest BCUT2D eigenvalue weighted by atomic mass is 19.4. The van der Waals surface area contributed by atoms with Crippen LogP contribution in [0.3, 0.4) is 0 Å². The summed E-state index contributed by atoms with van der Waals surface area (Å²) in [7, 11) is 0. The van der Waals surface area contributed by atoms with Gasteiger partial charge in [-0.05, 0) is 42.0 Å². The highest BCUT2D eigenvalue weighted by Gasteiger charge is 2.43. The first-order valence-electron chi connectivity index (χ1n) is 9.96. The van der Waals surface area contributed by atoms with Gasteiger partial charge < -0.3 is 14.5 Å². The van der Waals surface area contributed by atoms with Gasteiger partial charge in [0.25, 0.3) is 0 Å². The zero-order chi connectivity index (χ0) is 25.4. The van der Waals surface area contributed by atoms with Crippen molar-refractivity contribution in [3.63, 3.8) is 0 Å². The van der Waals surface area contributed by atoms with Gasteiger partial charge in [-0.15, -0.1) is 13.2 Å². The largest absolute Gasteiger partial charge is 0.573 e. The SMILES string of the molecule is O=C(On1c(-c2ccccc2F)cc2c1C=CN(Cc1ccc(OC(F)(F)F)cc1)C2)C(F)(F)F. The third-order valence-corrected chi connectivity index (χ3v) is 4.99. The summed E-state index contributed by atoms with van der Waals surface area (Å²) in [6, 6.07) is 11.9. The Bertz CT molecular complexity index is 1260. The molecule has 0 bridgehead atoms. The highest BCUT2D eigenvalue weighted by molar-refractivity contribution is 5.77. The van der Waals surface area contributed by atoms with E-state index in [1.54, 1.807) is 4.90 Å². The molecular formula is C23H15F7N2O3. The number of alkyl halides is 6. The molecule has 0 N–H and O–H groups in total. The number of halogens is 7. The topological polar surface area (TPSA) is 43.7 Å². The van der Waals surface area contributed by atoms with Crippen LogP contribution in [0, 0.1) is 5.82 Å². The fraction of sp³-hybridized carbons (Fsp3) is 0.174. The fourth-order valence-electron chi connectivity index (χ4n) is 3.54. The van der Waals surface area contributed by atoms with E-state index in [0.29, 0.717) is 15.9 Å². The number of hydrogen-bond acceptors (Lipinski definition) is 4. The quantitative estimate of drug-likeness (QED) is 0.422. The van der Waals surface area contributed by atoms with Crippen LogP contribution in [0.25, 0.3) is 17.3 Å². The Labute approximate surface area is 193 Å². The number of fused-ring (bicyclic) bond motifs is 1. The van der Waals surface area contributed by atoms with Gasteiger partial charge in [-0.2, -0.15) is 17.9 Å². The van der Waals surface area contributed by atoms with E-state index in [0.717, 1.165) is 18.2 Å². The molecule has 2 heterocycles. The molecule has 1 aliphatic heterocycles. The summed E-state index contributed by atoms with van der Waals surface area (Å²) in [4.78, 5) is 17.8. The smallest absolute Gasteiger partial charge is 0.406 e. The minimum Gasteiger partial charge on any atom is -0.406 e. The van der Waals surface area contributed by atoms with Crippen LogP contribution >= 0.6 is 0 Å². The lowest BCUT2D eigenvalue weighted by molar-refractivity contribution is -0.274. The van der Waals surface area contributed by atoms with Crippen LogP contribution in [-0.4, -0.2) is 28.1 Å². The maximum Gasteiger partial charge on any atom is 0.573 e. The van der Waals surface area contributed by atoms with E-state index in [2.05, 4.69) is 9.57 Å². The highest BCUT2D eigenvalue weighted by Crippen LogP contribution is 2.32. The minimum absolute atomic E-state index is 0.0722. The molecule has 0 amide bonds. The van der Waals surface area contributed by atoms with Gasteiger partial charge in [-0.1, -0.05) is 24.3 Å². The molecule has 4 rings (SSSR count). The zero-order valence-electron chi connectivity index (χ0n) is 17.5. The van der Waals surface area contributed by atoms with E-state index >= 15 is 0 Å². The second-order valence-corrected chi connectivity index (χ2v) is 7.50. The second kappa shape index (κ2) is 9.01. The number of aromatic nitrogens is 1. The molecule has 3 aromatic rings. The number of nitrogens with zero attached hydrogens (tertiary/aromatic N) is 2. The van der Waals surface area contributed by atoms with Crippen LogP contribution in [0.1, 0.15) is 16.8 Å². The molecule has 12 heteroatoms. The third-order valence-electron chi connectivity index (χ3n) is 4.99. The molecule has 0 fully saturated rings. The molecule has 0 spiro atoms. The molecule has 1 aromatic heterocycles. The van der Waals surface area contributed by atoms with E-state index in [-0.39, 0.29) is 35.8 Å². The van der Waals surface area contributed by atoms with E-state index in [1.165, 1.54) is 48.7 Å². The van der Waals surface area contributed by atoms with E-state index in [9.17, 15) is 35.5 Å². The first-order valence-corrected chi connectivity index (χ1v) is 9.96. The van der Waals surface area contributed by atoms with Crippen LogP contribution in [-0.2, 0) is 17.9 Å². The Balaban J connectivity index is 1.60. The lowest BCUT2D eigenvalue weighted by Gasteiger charge is -2.24. The van der Waals surface area contributed by atoms with Gasteiger partial charge in [0.1, 0.15) is 11.6 Å². The van der Waals surface area contributed by atoms with Gasteiger partial charge in [0.15, 0.2) is 0 Å². The number of benzene rings is 2. The first-order chi connectivity index (χ1) is 16.4. The first kappa shape index (κ1) is 24.2. The van der Waals surface area contributed by atoms with Crippen LogP contribution in [0.2, 0.25) is 0 Å². The predicted molar refractivity (Wildman–Crippen MR) is 109 cm³/mol. The van der Waals surface area contributed by atoms with E-state index in [1.807, 2.05) is 0 Å². The average molecular weight is 500 g/mol. The zero-order valence-corrected chi connectivity index (χ0v) is 17.5. The maximum absolute atomic E-state index is 14.4. The van der Waals surface area contributed by atoms with Gasteiger partial charge in [0, 0.05) is 30.4 Å². The maximum atomic E-state index is 14.4. The number of hydrogen-bond donors (Lipinski definition) is 0. The minimum atomic E-state index is -5.27. The van der Waals surface area contributed by atoms with Gasteiger partial charge in [-0.3, -0.25) is 0 Å². The Kier molecular flexibility index (Phi) is 6.22. The van der Waals surface area contributed by atoms with Crippen molar-refractivity contribution in [2.75, 3.05) is 0 Å². The van der Waals surface area contributed by atoms with Crippen molar-refractivity contribution in [3.05, 3.63) is 83.4 Å². The number of carbonyl (C=O) groups is 1. The Hall–Kier alpha value is -3.96. The van der Waals surface area contributed by atoms with Crippen molar-refractivity contribution in [2.45, 2.75) is 25.6 Å². The Morgan fingerprint density at radius 3 is 2.29 bits per heavy atom. The number of ether oxygens (including phenoxy) is 1. The normalized spacial score (nSPS) is 13.5. The van der Waals surface area contributed by atoms with Crippen LogP contribution in [0.5, 0.6) is 5.75 Å². The molecule has 2 aromatic carbocycles. The molecule has 0 atom stereocenters. The molecule has 0 saturated heterocycles. The van der Waals surface area contributed by atoms with Crippen molar-refractivity contribution in [1.29, 1.82) is 0 Å². The van der Waals surface area contributed by atoms with Crippen molar-refractivity contribution < 1.29 is 45.1 Å². The summed E-state index contributed by atoms with van der Waals surface area (Å²) in [5.41, 5.74) is 1.02. The molecule has 1 aliphatic rings. The van der Waals surface area contributed by atoms with Crippen LogP contribution in [0.4, 0.5) is 30.7 Å². The van der Waals surface area contributed by atoms with Crippen LogP contribution in [0.15, 0.2) is 60.8 Å². The van der Waals surface area contributed by atoms with Crippen molar-refractivity contribution >= 4 is 12.0 Å². The second-order valence-electron chi connectivity index (χ2n) is 7.50. The number of rotatable bonds is 5. The van der Waals surface area contributed by atoms with Gasteiger partial charge in [0.05, 0.1) is 11.4 Å². The lowest BCUT2D eigenvalue weighted by atomic mass is 10.1. The third kappa shape index (κ3) is 5.58. The van der Waals surface area contributed by atoms with Crippen LogP contribution < -0.4 is 9.57 Å². The molecule has 0 saturated carbocycles. The summed E-state index contributed by atoms with van der Waals surface area (Å²) < 4.78 is 94.4. The predicted octanol–water partition coefficient (Wildman–Crippen LogP) is 5.70. The molecule has 184 valence electrons. The monoisotopic (exact) mass is 500 g/mol. The fourth-order valence-corrected chi connectivity index (χ4v) is 3.54. The van der Waals surface area contributed by atoms with E-state index in [4.69, 9.17) is 0 Å². The molecule has 0 unspecified atom stereocenters. The van der Waals surface area contributed by atoms with Gasteiger partial charge in [0.2, 0.25) is 0 Å². The molecule has 0 aliphatic carbocycles. The van der Waals surface area contributed by atoms with Crippen molar-refractivity contribution in [1.82, 2.24) is 9.63 Å². The molecule has 35 heavy (non-hydrogen) atoms. The standard InChI is InChI=1S/C23H15F7N2O3/c24-18-4-2-1-3-17(18)20-11-15-13-31(10-9-19(15)32(20)35-21(33)22(25,26)27)12-14-5-7-16(8-6-14)34-23(28,29)30/h1-11H,12-13H2. The average Bonchev–Trinajstić information content (AvgIpc) is 3.11. The number of carbonyl (C=O) groups excluding carboxylic acids is 1. The summed E-state index contributed by atoms with van der Waals surface area (Å²) in [6.45, 7) is 0.384. The van der Waals surface area contributed by atoms with Crippen molar-refractivity contribution in [2.24, 2.45) is 0 Å². The van der Waals surface area contributed by atoms with E-state index < -0.39 is 24.3 Å². The summed E-state index contributed by atoms with van der Waals surface area (Å²) >= 11 is 0. The summed E-state index contributed by atoms with van der Waals surface area (Å²) in [5, 5.41) is 0. The van der Waals surface area contributed by atoms with Crippen molar-refractivity contribution in [3.8, 4) is 17.0 Å². The molecule has 0 radical (unpaired) electrons. The molecule has 5 nitrogen and oxygen atoms in total. The lowest BCUT2D eigenvalue weighted by Crippen LogP contribution is -2.34. The summed E-state index contributed by atoms with van der Waals surface area (Å²) in [5.74, 6) is -3.57. The Morgan fingerprint density at radius 1 is 0.971 bits per heavy atom.